The van der Waals surface area contributed by atoms with Gasteiger partial charge in [-0.3, -0.25) is 4.79 Å². The number of hydrogen-bond donors (Lipinski definition) is 2. The van der Waals surface area contributed by atoms with Crippen LogP contribution in [0, 0.1) is 17.6 Å². The van der Waals surface area contributed by atoms with E-state index in [0.29, 0.717) is 12.1 Å². The van der Waals surface area contributed by atoms with E-state index in [-0.39, 0.29) is 30.3 Å². The van der Waals surface area contributed by atoms with E-state index in [1.165, 1.54) is 6.07 Å². The zero-order chi connectivity index (χ0) is 13.8. The number of carbonyl (C=O) groups excluding carboxylic acids is 1. The van der Waals surface area contributed by atoms with Crippen molar-refractivity contribution in [3.05, 3.63) is 35.4 Å². The third-order valence-corrected chi connectivity index (χ3v) is 3.47. The first-order valence-corrected chi connectivity index (χ1v) is 6.54. The Morgan fingerprint density at radius 1 is 1.40 bits per heavy atom. The molecule has 2 N–H and O–H groups in total. The number of carbonyl (C=O) groups is 1. The minimum atomic E-state index is -0.891. The Morgan fingerprint density at radius 2 is 2.15 bits per heavy atom. The van der Waals surface area contributed by atoms with E-state index in [2.05, 4.69) is 10.6 Å². The van der Waals surface area contributed by atoms with Gasteiger partial charge in [0.2, 0.25) is 5.91 Å². The third kappa shape index (κ3) is 4.15. The van der Waals surface area contributed by atoms with E-state index in [4.69, 9.17) is 0 Å². The molecule has 0 spiro atoms. The second-order valence-electron chi connectivity index (χ2n) is 4.95. The molecule has 1 heterocycles. The van der Waals surface area contributed by atoms with Gasteiger partial charge in [0, 0.05) is 6.54 Å². The van der Waals surface area contributed by atoms with Crippen molar-refractivity contribution in [2.24, 2.45) is 5.92 Å². The van der Waals surface area contributed by atoms with E-state index in [1.54, 1.807) is 6.92 Å². The molecule has 1 aromatic rings. The highest BCUT2D eigenvalue weighted by molar-refractivity contribution is 5.85. The van der Waals surface area contributed by atoms with Crippen LogP contribution >= 0.6 is 12.4 Å². The molecule has 20 heavy (non-hydrogen) atoms. The molecule has 2 atom stereocenters. The van der Waals surface area contributed by atoms with Crippen LogP contribution in [-0.2, 0) is 4.79 Å². The highest BCUT2D eigenvalue weighted by Crippen LogP contribution is 2.17. The molecule has 0 aromatic heterocycles. The van der Waals surface area contributed by atoms with Crippen LogP contribution in [0.3, 0.4) is 0 Å². The maximum absolute atomic E-state index is 13.1. The SMILES string of the molecule is CC(NC(=O)C1CCCNC1)c1ccc(F)c(F)c1.Cl. The monoisotopic (exact) mass is 304 g/mol. The first-order chi connectivity index (χ1) is 9.08. The van der Waals surface area contributed by atoms with Gasteiger partial charge in [-0.2, -0.15) is 0 Å². The number of piperidine rings is 1. The van der Waals surface area contributed by atoms with Gasteiger partial charge in [-0.15, -0.1) is 12.4 Å². The first kappa shape index (κ1) is 16.9. The fourth-order valence-corrected chi connectivity index (χ4v) is 2.27. The van der Waals surface area contributed by atoms with Crippen molar-refractivity contribution in [2.45, 2.75) is 25.8 Å². The molecule has 0 bridgehead atoms. The van der Waals surface area contributed by atoms with Crippen molar-refractivity contribution in [1.82, 2.24) is 10.6 Å². The van der Waals surface area contributed by atoms with E-state index >= 15 is 0 Å². The summed E-state index contributed by atoms with van der Waals surface area (Å²) < 4.78 is 26.0. The van der Waals surface area contributed by atoms with Gasteiger partial charge in [-0.25, -0.2) is 8.78 Å². The molecular weight excluding hydrogens is 286 g/mol. The summed E-state index contributed by atoms with van der Waals surface area (Å²) in [6.07, 6.45) is 1.85. The minimum Gasteiger partial charge on any atom is -0.349 e. The molecule has 0 radical (unpaired) electrons. The van der Waals surface area contributed by atoms with Crippen LogP contribution in [0.25, 0.3) is 0 Å². The quantitative estimate of drug-likeness (QED) is 0.901. The van der Waals surface area contributed by atoms with Gasteiger partial charge in [0.25, 0.3) is 0 Å². The summed E-state index contributed by atoms with van der Waals surface area (Å²) in [6, 6.07) is 3.36. The fraction of sp³-hybridized carbons (Fsp3) is 0.500. The number of hydrogen-bond acceptors (Lipinski definition) is 2. The summed E-state index contributed by atoms with van der Waals surface area (Å²) in [6.45, 7) is 3.39. The van der Waals surface area contributed by atoms with E-state index in [9.17, 15) is 13.6 Å². The normalized spacial score (nSPS) is 19.9. The van der Waals surface area contributed by atoms with E-state index in [1.807, 2.05) is 0 Å². The molecule has 1 amide bonds. The lowest BCUT2D eigenvalue weighted by atomic mass is 9.98. The Morgan fingerprint density at radius 3 is 2.75 bits per heavy atom. The van der Waals surface area contributed by atoms with Crippen molar-refractivity contribution in [3.63, 3.8) is 0 Å². The van der Waals surface area contributed by atoms with Crippen molar-refractivity contribution < 1.29 is 13.6 Å². The lowest BCUT2D eigenvalue weighted by molar-refractivity contribution is -0.126. The average Bonchev–Trinajstić information content (AvgIpc) is 2.42. The molecule has 2 unspecified atom stereocenters. The van der Waals surface area contributed by atoms with Crippen molar-refractivity contribution in [2.75, 3.05) is 13.1 Å². The molecular formula is C14H19ClF2N2O. The largest absolute Gasteiger partial charge is 0.349 e. The van der Waals surface area contributed by atoms with E-state index < -0.39 is 11.6 Å². The van der Waals surface area contributed by atoms with Crippen LogP contribution in [-0.4, -0.2) is 19.0 Å². The molecule has 1 aliphatic rings. The molecule has 1 aromatic carbocycles. The van der Waals surface area contributed by atoms with Crippen molar-refractivity contribution in [1.29, 1.82) is 0 Å². The topological polar surface area (TPSA) is 41.1 Å². The summed E-state index contributed by atoms with van der Waals surface area (Å²) >= 11 is 0. The van der Waals surface area contributed by atoms with E-state index in [0.717, 1.165) is 31.5 Å². The number of nitrogens with one attached hydrogen (secondary N) is 2. The summed E-state index contributed by atoms with van der Waals surface area (Å²) in [5.74, 6) is -1.84. The Bertz CT molecular complexity index is 464. The summed E-state index contributed by atoms with van der Waals surface area (Å²) in [4.78, 5) is 12.0. The van der Waals surface area contributed by atoms with Crippen LogP contribution in [0.1, 0.15) is 31.4 Å². The molecule has 0 aliphatic carbocycles. The maximum Gasteiger partial charge on any atom is 0.224 e. The maximum atomic E-state index is 13.1. The van der Waals surface area contributed by atoms with Crippen LogP contribution in [0.4, 0.5) is 8.78 Å². The second-order valence-corrected chi connectivity index (χ2v) is 4.95. The molecule has 112 valence electrons. The Balaban J connectivity index is 0.00000200. The lowest BCUT2D eigenvalue weighted by Crippen LogP contribution is -2.41. The molecule has 0 saturated carbocycles. The van der Waals surface area contributed by atoms with Gasteiger partial charge in [0.15, 0.2) is 11.6 Å². The van der Waals surface area contributed by atoms with Crippen LogP contribution in [0.5, 0.6) is 0 Å². The standard InChI is InChI=1S/C14H18F2N2O.ClH/c1-9(10-4-5-12(15)13(16)7-10)18-14(19)11-3-2-6-17-8-11;/h4-5,7,9,11,17H,2-3,6,8H2,1H3,(H,18,19);1H. The Kier molecular flexibility index (Phi) is 6.36. The zero-order valence-corrected chi connectivity index (χ0v) is 12.1. The van der Waals surface area contributed by atoms with Gasteiger partial charge in [-0.05, 0) is 44.0 Å². The van der Waals surface area contributed by atoms with Gasteiger partial charge >= 0.3 is 0 Å². The third-order valence-electron chi connectivity index (χ3n) is 3.47. The van der Waals surface area contributed by atoms with Gasteiger partial charge in [0.05, 0.1) is 12.0 Å². The average molecular weight is 305 g/mol. The Labute approximate surface area is 123 Å². The highest BCUT2D eigenvalue weighted by atomic mass is 35.5. The van der Waals surface area contributed by atoms with Crippen molar-refractivity contribution in [3.8, 4) is 0 Å². The van der Waals surface area contributed by atoms with Gasteiger partial charge in [0.1, 0.15) is 0 Å². The summed E-state index contributed by atoms with van der Waals surface area (Å²) in [5.41, 5.74) is 0.566. The zero-order valence-electron chi connectivity index (χ0n) is 11.3. The molecule has 1 aliphatic heterocycles. The van der Waals surface area contributed by atoms with Gasteiger partial charge in [-0.1, -0.05) is 6.07 Å². The number of halogens is 3. The Hall–Kier alpha value is -1.20. The first-order valence-electron chi connectivity index (χ1n) is 6.54. The second kappa shape index (κ2) is 7.55. The highest BCUT2D eigenvalue weighted by Gasteiger charge is 2.22. The van der Waals surface area contributed by atoms with Crippen LogP contribution < -0.4 is 10.6 Å². The lowest BCUT2D eigenvalue weighted by Gasteiger charge is -2.24. The molecule has 1 saturated heterocycles. The van der Waals surface area contributed by atoms with Gasteiger partial charge < -0.3 is 10.6 Å². The van der Waals surface area contributed by atoms with Crippen LogP contribution in [0.2, 0.25) is 0 Å². The number of benzene rings is 1. The number of amides is 1. The summed E-state index contributed by atoms with van der Waals surface area (Å²) in [7, 11) is 0. The molecule has 2 rings (SSSR count). The number of rotatable bonds is 3. The molecule has 1 fully saturated rings. The fourth-order valence-electron chi connectivity index (χ4n) is 2.27. The minimum absolute atomic E-state index is 0. The molecule has 6 heteroatoms. The molecule has 3 nitrogen and oxygen atoms in total. The smallest absolute Gasteiger partial charge is 0.224 e. The van der Waals surface area contributed by atoms with Crippen molar-refractivity contribution >= 4 is 18.3 Å². The van der Waals surface area contributed by atoms with Crippen LogP contribution in [0.15, 0.2) is 18.2 Å². The summed E-state index contributed by atoms with van der Waals surface area (Å²) in [5, 5.41) is 6.02. The predicted molar refractivity (Wildman–Crippen MR) is 75.8 cm³/mol. The predicted octanol–water partition coefficient (Wildman–Crippen LogP) is 2.56.